The predicted octanol–water partition coefficient (Wildman–Crippen LogP) is 0.736. The van der Waals surface area contributed by atoms with E-state index in [0.717, 1.165) is 0 Å². The highest BCUT2D eigenvalue weighted by Gasteiger charge is 1.95. The van der Waals surface area contributed by atoms with E-state index in [2.05, 4.69) is 23.7 Å². The van der Waals surface area contributed by atoms with E-state index in [1.807, 2.05) is 0 Å². The smallest absolute Gasteiger partial charge is 0.0701 e. The zero-order valence-electron chi connectivity index (χ0n) is 18.2. The summed E-state index contributed by atoms with van der Waals surface area (Å²) >= 11 is 0. The fourth-order valence-corrected chi connectivity index (χ4v) is 1.88. The summed E-state index contributed by atoms with van der Waals surface area (Å²) in [6.45, 7) is 9.45. The van der Waals surface area contributed by atoms with Gasteiger partial charge < -0.3 is 47.4 Å². The van der Waals surface area contributed by atoms with Gasteiger partial charge in [0.15, 0.2) is 0 Å². The van der Waals surface area contributed by atoms with Crippen molar-refractivity contribution in [2.75, 3.05) is 119 Å². The molecule has 0 atom stereocenters. The van der Waals surface area contributed by atoms with Gasteiger partial charge in [0.25, 0.3) is 0 Å². The van der Waals surface area contributed by atoms with Gasteiger partial charge in [-0.15, -0.1) is 0 Å². The molecule has 10 nitrogen and oxygen atoms in total. The summed E-state index contributed by atoms with van der Waals surface area (Å²) < 4.78 is 52.0. The van der Waals surface area contributed by atoms with Gasteiger partial charge in [0, 0.05) is 0 Å². The molecule has 0 aliphatic carbocycles. The third-order valence-electron chi connectivity index (χ3n) is 3.35. The lowest BCUT2D eigenvalue weighted by Crippen LogP contribution is -2.15. The van der Waals surface area contributed by atoms with Crippen LogP contribution in [0.4, 0.5) is 0 Å². The molecular weight excluding hydrogens is 400 g/mol. The minimum atomic E-state index is 0.489. The van der Waals surface area contributed by atoms with Crippen LogP contribution in [0.25, 0.3) is 0 Å². The molecule has 0 fully saturated rings. The Hall–Kier alpha value is -0.400. The van der Waals surface area contributed by atoms with E-state index >= 15 is 0 Å². The fourth-order valence-electron chi connectivity index (χ4n) is 1.88. The maximum atomic E-state index is 5.41. The van der Waals surface area contributed by atoms with Crippen LogP contribution in [0.15, 0.2) is 0 Å². The first kappa shape index (κ1) is 29.6. The Morgan fingerprint density at radius 1 is 0.233 bits per heavy atom. The van der Waals surface area contributed by atoms with Crippen LogP contribution < -0.4 is 0 Å². The molecule has 0 saturated carbocycles. The SMILES string of the molecule is [CH2]OCCOCCOCCOCCOCCOCCOCCOCCOCCO[CH2]. The highest BCUT2D eigenvalue weighted by Crippen LogP contribution is 1.86. The molecule has 0 aromatic carbocycles. The minimum absolute atomic E-state index is 0.489. The molecule has 10 heteroatoms. The van der Waals surface area contributed by atoms with Crippen molar-refractivity contribution in [1.29, 1.82) is 0 Å². The van der Waals surface area contributed by atoms with Crippen LogP contribution in [0, 0.1) is 14.2 Å². The number of rotatable bonds is 27. The van der Waals surface area contributed by atoms with E-state index in [0.29, 0.717) is 119 Å². The zero-order valence-corrected chi connectivity index (χ0v) is 18.2. The molecular formula is C20H40O10. The van der Waals surface area contributed by atoms with E-state index in [9.17, 15) is 0 Å². The van der Waals surface area contributed by atoms with Crippen molar-refractivity contribution in [3.05, 3.63) is 14.2 Å². The Morgan fingerprint density at radius 2 is 0.367 bits per heavy atom. The van der Waals surface area contributed by atoms with Crippen molar-refractivity contribution in [3.63, 3.8) is 0 Å². The van der Waals surface area contributed by atoms with Gasteiger partial charge in [-0.25, -0.2) is 0 Å². The van der Waals surface area contributed by atoms with Crippen molar-refractivity contribution < 1.29 is 47.4 Å². The first-order valence-corrected chi connectivity index (χ1v) is 10.3. The molecule has 0 amide bonds. The van der Waals surface area contributed by atoms with Crippen LogP contribution in [0.5, 0.6) is 0 Å². The van der Waals surface area contributed by atoms with Gasteiger partial charge in [-0.2, -0.15) is 0 Å². The quantitative estimate of drug-likeness (QED) is 0.170. The van der Waals surface area contributed by atoms with Crippen LogP contribution >= 0.6 is 0 Å². The molecule has 0 aromatic rings. The lowest BCUT2D eigenvalue weighted by molar-refractivity contribution is -0.0247. The molecule has 0 rings (SSSR count). The Labute approximate surface area is 181 Å². The Morgan fingerprint density at radius 3 is 0.500 bits per heavy atom. The van der Waals surface area contributed by atoms with Crippen LogP contribution in [-0.4, -0.2) is 119 Å². The maximum Gasteiger partial charge on any atom is 0.0701 e. The first-order valence-electron chi connectivity index (χ1n) is 10.3. The fraction of sp³-hybridized carbons (Fsp3) is 0.900. The molecule has 0 aliphatic rings. The minimum Gasteiger partial charge on any atom is -0.377 e. The van der Waals surface area contributed by atoms with Crippen molar-refractivity contribution in [2.24, 2.45) is 0 Å². The first-order chi connectivity index (χ1) is 14.9. The summed E-state index contributed by atoms with van der Waals surface area (Å²) in [6, 6.07) is 0. The Bertz CT molecular complexity index is 269. The van der Waals surface area contributed by atoms with E-state index in [1.165, 1.54) is 0 Å². The molecule has 0 N–H and O–H groups in total. The monoisotopic (exact) mass is 440 g/mol. The molecule has 0 heterocycles. The van der Waals surface area contributed by atoms with Crippen molar-refractivity contribution in [2.45, 2.75) is 0 Å². The molecule has 0 spiro atoms. The summed E-state index contributed by atoms with van der Waals surface area (Å²) in [5.74, 6) is 0. The highest BCUT2D eigenvalue weighted by atomic mass is 16.6. The molecule has 180 valence electrons. The lowest BCUT2D eigenvalue weighted by Gasteiger charge is -2.08. The topological polar surface area (TPSA) is 92.3 Å². The summed E-state index contributed by atoms with van der Waals surface area (Å²) in [4.78, 5) is 0. The van der Waals surface area contributed by atoms with E-state index in [4.69, 9.17) is 37.9 Å². The summed E-state index contributed by atoms with van der Waals surface area (Å²) in [6.07, 6.45) is 0. The van der Waals surface area contributed by atoms with E-state index in [-0.39, 0.29) is 0 Å². The predicted molar refractivity (Wildman–Crippen MR) is 109 cm³/mol. The third-order valence-corrected chi connectivity index (χ3v) is 3.35. The second-order valence-corrected chi connectivity index (χ2v) is 5.72. The van der Waals surface area contributed by atoms with Gasteiger partial charge >= 0.3 is 0 Å². The highest BCUT2D eigenvalue weighted by molar-refractivity contribution is 4.38. The van der Waals surface area contributed by atoms with Crippen LogP contribution in [0.2, 0.25) is 0 Å². The Balaban J connectivity index is 2.97. The molecule has 2 radical (unpaired) electrons. The maximum absolute atomic E-state index is 5.41. The number of hydrogen-bond donors (Lipinski definition) is 0. The zero-order chi connectivity index (χ0) is 21.8. The van der Waals surface area contributed by atoms with Gasteiger partial charge in [-0.3, -0.25) is 0 Å². The standard InChI is InChI=1S/C20H40O10/c1-21-3-5-23-7-9-25-11-13-27-15-17-29-19-20-30-18-16-28-14-12-26-10-8-24-6-4-22-2/h1-20H2. The number of hydrogen-bond acceptors (Lipinski definition) is 10. The van der Waals surface area contributed by atoms with Gasteiger partial charge in [0.1, 0.15) is 0 Å². The van der Waals surface area contributed by atoms with Gasteiger partial charge in [-0.05, 0) is 0 Å². The summed E-state index contributed by atoms with van der Waals surface area (Å²) in [5.41, 5.74) is 0. The Kier molecular flexibility index (Phi) is 28.2. The van der Waals surface area contributed by atoms with Crippen molar-refractivity contribution >= 4 is 0 Å². The molecule has 30 heavy (non-hydrogen) atoms. The van der Waals surface area contributed by atoms with Gasteiger partial charge in [-0.1, -0.05) is 0 Å². The second-order valence-electron chi connectivity index (χ2n) is 5.72. The molecule has 0 bridgehead atoms. The summed E-state index contributed by atoms with van der Waals surface area (Å²) in [7, 11) is 6.52. The average Bonchev–Trinajstić information content (AvgIpc) is 2.76. The van der Waals surface area contributed by atoms with Gasteiger partial charge in [0.2, 0.25) is 0 Å². The van der Waals surface area contributed by atoms with E-state index < -0.39 is 0 Å². The summed E-state index contributed by atoms with van der Waals surface area (Å²) in [5, 5.41) is 0. The normalized spacial score (nSPS) is 11.4. The third kappa shape index (κ3) is 27.6. The van der Waals surface area contributed by atoms with Crippen LogP contribution in [0.3, 0.4) is 0 Å². The molecule has 0 saturated heterocycles. The van der Waals surface area contributed by atoms with Crippen LogP contribution in [-0.2, 0) is 47.4 Å². The molecule has 0 unspecified atom stereocenters. The second kappa shape index (κ2) is 28.6. The number of ether oxygens (including phenoxy) is 10. The lowest BCUT2D eigenvalue weighted by atomic mass is 10.6. The van der Waals surface area contributed by atoms with Crippen molar-refractivity contribution in [1.82, 2.24) is 0 Å². The van der Waals surface area contributed by atoms with Crippen molar-refractivity contribution in [3.8, 4) is 0 Å². The van der Waals surface area contributed by atoms with Gasteiger partial charge in [0.05, 0.1) is 133 Å². The van der Waals surface area contributed by atoms with E-state index in [1.54, 1.807) is 0 Å². The van der Waals surface area contributed by atoms with Crippen LogP contribution in [0.1, 0.15) is 0 Å². The average molecular weight is 441 g/mol. The molecule has 0 aromatic heterocycles. The largest absolute Gasteiger partial charge is 0.377 e. The molecule has 0 aliphatic heterocycles.